The van der Waals surface area contributed by atoms with E-state index in [1.165, 1.54) is 0 Å². The molecule has 4 rings (SSSR count). The van der Waals surface area contributed by atoms with Gasteiger partial charge < -0.3 is 14.2 Å². The lowest BCUT2D eigenvalue weighted by Crippen LogP contribution is -2.25. The Balaban J connectivity index is 1.56. The number of benzene rings is 2. The number of likely N-dealkylation sites (tertiary alicyclic amines) is 1. The Morgan fingerprint density at radius 1 is 1.31 bits per heavy atom. The highest BCUT2D eigenvalue weighted by Gasteiger charge is 2.33. The number of carbonyl (C=O) groups is 1. The van der Waals surface area contributed by atoms with Crippen LogP contribution >= 0.6 is 11.6 Å². The van der Waals surface area contributed by atoms with Gasteiger partial charge in [-0.25, -0.2) is 4.98 Å². The fourth-order valence-electron chi connectivity index (χ4n) is 3.88. The Hall–Kier alpha value is -2.79. The van der Waals surface area contributed by atoms with Crippen LogP contribution in [-0.2, 0) is 11.3 Å². The second-order valence-electron chi connectivity index (χ2n) is 7.36. The van der Waals surface area contributed by atoms with Crippen molar-refractivity contribution in [2.75, 3.05) is 19.7 Å². The zero-order chi connectivity index (χ0) is 20.4. The third-order valence-electron chi connectivity index (χ3n) is 5.33. The Labute approximate surface area is 175 Å². The topological polar surface area (TPSA) is 47.4 Å². The summed E-state index contributed by atoms with van der Waals surface area (Å²) in [5.41, 5.74) is 3.00. The molecule has 0 unspecified atom stereocenters. The van der Waals surface area contributed by atoms with Crippen molar-refractivity contribution in [2.24, 2.45) is 0 Å². The van der Waals surface area contributed by atoms with E-state index in [1.54, 1.807) is 6.08 Å². The van der Waals surface area contributed by atoms with Gasteiger partial charge in [0.05, 0.1) is 17.6 Å². The Bertz CT molecular complexity index is 1060. The number of imidazole rings is 1. The predicted molar refractivity (Wildman–Crippen MR) is 116 cm³/mol. The van der Waals surface area contributed by atoms with Crippen LogP contribution in [0.1, 0.15) is 23.7 Å². The smallest absolute Gasteiger partial charge is 0.223 e. The van der Waals surface area contributed by atoms with Gasteiger partial charge in [-0.2, -0.15) is 0 Å². The molecule has 1 aliphatic heterocycles. The van der Waals surface area contributed by atoms with Gasteiger partial charge in [-0.1, -0.05) is 29.8 Å². The van der Waals surface area contributed by atoms with Crippen molar-refractivity contribution < 1.29 is 9.53 Å². The number of para-hydroxylation sites is 2. The number of aromatic nitrogens is 2. The van der Waals surface area contributed by atoms with Crippen molar-refractivity contribution in [3.63, 3.8) is 0 Å². The Kier molecular flexibility index (Phi) is 5.58. The third-order valence-corrected chi connectivity index (χ3v) is 5.75. The number of fused-ring (bicyclic) bond motifs is 1. The summed E-state index contributed by atoms with van der Waals surface area (Å²) in [5.74, 6) is 1.97. The monoisotopic (exact) mass is 409 g/mol. The lowest BCUT2D eigenvalue weighted by molar-refractivity contribution is -0.127. The summed E-state index contributed by atoms with van der Waals surface area (Å²) in [7, 11) is 0. The van der Waals surface area contributed by atoms with Crippen LogP contribution in [0.3, 0.4) is 0 Å². The van der Waals surface area contributed by atoms with Crippen LogP contribution in [0.2, 0.25) is 5.02 Å². The maximum Gasteiger partial charge on any atom is 0.223 e. The average Bonchev–Trinajstić information content (AvgIpc) is 3.26. The molecule has 0 bridgehead atoms. The molecule has 1 atom stereocenters. The number of ether oxygens (including phenoxy) is 1. The van der Waals surface area contributed by atoms with Gasteiger partial charge in [0.15, 0.2) is 0 Å². The summed E-state index contributed by atoms with van der Waals surface area (Å²) >= 11 is 6.10. The number of halogens is 1. The quantitative estimate of drug-likeness (QED) is 0.536. The summed E-state index contributed by atoms with van der Waals surface area (Å²) in [5, 5.41) is 0.732. The molecule has 150 valence electrons. The maximum atomic E-state index is 12.3. The van der Waals surface area contributed by atoms with Gasteiger partial charge in [0.2, 0.25) is 5.91 Å². The van der Waals surface area contributed by atoms with Crippen molar-refractivity contribution in [3.05, 3.63) is 71.5 Å². The molecule has 1 aromatic heterocycles. The molecule has 5 nitrogen and oxygen atoms in total. The van der Waals surface area contributed by atoms with Gasteiger partial charge >= 0.3 is 0 Å². The van der Waals surface area contributed by atoms with Crippen LogP contribution < -0.4 is 4.74 Å². The molecule has 1 amide bonds. The zero-order valence-corrected chi connectivity index (χ0v) is 17.2. The molecular weight excluding hydrogens is 386 g/mol. The average molecular weight is 410 g/mol. The fourth-order valence-corrected chi connectivity index (χ4v) is 4.00. The molecule has 29 heavy (non-hydrogen) atoms. The Morgan fingerprint density at radius 3 is 2.93 bits per heavy atom. The second kappa shape index (κ2) is 8.29. The number of carbonyl (C=O) groups excluding carboxylic acids is 1. The molecular formula is C23H24ClN3O2. The standard InChI is InChI=1S/C23H24ClN3O2/c1-3-10-26-15-17(14-22(26)28)23-25-20-6-4-5-7-21(20)27(23)11-12-29-18-8-9-19(24)16(2)13-18/h3-9,13,17H,1,10-12,14-15H2,2H3/t17-/m1/s1. The lowest BCUT2D eigenvalue weighted by Gasteiger charge is -2.16. The molecule has 1 fully saturated rings. The van der Waals surface area contributed by atoms with Gasteiger partial charge in [0, 0.05) is 30.5 Å². The van der Waals surface area contributed by atoms with Gasteiger partial charge in [-0.15, -0.1) is 6.58 Å². The molecule has 1 aliphatic rings. The highest BCUT2D eigenvalue weighted by Crippen LogP contribution is 2.30. The molecule has 1 saturated heterocycles. The number of hydrogen-bond donors (Lipinski definition) is 0. The first-order valence-electron chi connectivity index (χ1n) is 9.79. The van der Waals surface area contributed by atoms with Crippen molar-refractivity contribution in [1.82, 2.24) is 14.5 Å². The largest absolute Gasteiger partial charge is 0.492 e. The second-order valence-corrected chi connectivity index (χ2v) is 7.77. The van der Waals surface area contributed by atoms with Gasteiger partial charge in [0.1, 0.15) is 18.2 Å². The van der Waals surface area contributed by atoms with E-state index in [0.717, 1.165) is 33.2 Å². The van der Waals surface area contributed by atoms with E-state index in [-0.39, 0.29) is 11.8 Å². The normalized spacial score (nSPS) is 16.6. The van der Waals surface area contributed by atoms with Crippen molar-refractivity contribution in [2.45, 2.75) is 25.8 Å². The highest BCUT2D eigenvalue weighted by molar-refractivity contribution is 6.31. The molecule has 3 aromatic rings. The van der Waals surface area contributed by atoms with Crippen LogP contribution in [0, 0.1) is 6.92 Å². The summed E-state index contributed by atoms with van der Waals surface area (Å²) in [6.45, 7) is 8.12. The SMILES string of the molecule is C=CCN1C[C@H](c2nc3ccccc3n2CCOc2ccc(Cl)c(C)c2)CC1=O. The first kappa shape index (κ1) is 19.5. The van der Waals surface area contributed by atoms with E-state index >= 15 is 0 Å². The summed E-state index contributed by atoms with van der Waals surface area (Å²) in [4.78, 5) is 19.0. The molecule has 0 N–H and O–H groups in total. The minimum Gasteiger partial charge on any atom is -0.492 e. The van der Waals surface area contributed by atoms with Gasteiger partial charge in [-0.3, -0.25) is 4.79 Å². The van der Waals surface area contributed by atoms with Crippen LogP contribution in [0.15, 0.2) is 55.1 Å². The molecule has 6 heteroatoms. The molecule has 0 spiro atoms. The third kappa shape index (κ3) is 4.01. The van der Waals surface area contributed by atoms with Crippen LogP contribution in [0.25, 0.3) is 11.0 Å². The number of aryl methyl sites for hydroxylation is 1. The summed E-state index contributed by atoms with van der Waals surface area (Å²) in [6, 6.07) is 13.7. The van der Waals surface area contributed by atoms with Crippen molar-refractivity contribution in [3.8, 4) is 5.75 Å². The first-order chi connectivity index (χ1) is 14.1. The van der Waals surface area contributed by atoms with Crippen LogP contribution in [0.5, 0.6) is 5.75 Å². The zero-order valence-electron chi connectivity index (χ0n) is 16.5. The first-order valence-corrected chi connectivity index (χ1v) is 10.2. The maximum absolute atomic E-state index is 12.3. The number of rotatable bonds is 7. The molecule has 2 heterocycles. The van der Waals surface area contributed by atoms with E-state index in [1.807, 2.05) is 48.2 Å². The van der Waals surface area contributed by atoms with Crippen LogP contribution in [0.4, 0.5) is 0 Å². The minimum absolute atomic E-state index is 0.0765. The number of hydrogen-bond acceptors (Lipinski definition) is 3. The molecule has 0 radical (unpaired) electrons. The van der Waals surface area contributed by atoms with E-state index in [0.29, 0.717) is 32.7 Å². The predicted octanol–water partition coefficient (Wildman–Crippen LogP) is 4.58. The summed E-state index contributed by atoms with van der Waals surface area (Å²) < 4.78 is 8.15. The fraction of sp³-hybridized carbons (Fsp3) is 0.304. The summed E-state index contributed by atoms with van der Waals surface area (Å²) in [6.07, 6.45) is 2.25. The van der Waals surface area contributed by atoms with Crippen molar-refractivity contribution in [1.29, 1.82) is 0 Å². The van der Waals surface area contributed by atoms with E-state index in [2.05, 4.69) is 17.2 Å². The molecule has 0 aliphatic carbocycles. The van der Waals surface area contributed by atoms with E-state index in [4.69, 9.17) is 21.3 Å². The molecule has 2 aromatic carbocycles. The number of amides is 1. The minimum atomic E-state index is 0.0765. The van der Waals surface area contributed by atoms with Crippen molar-refractivity contribution >= 4 is 28.5 Å². The van der Waals surface area contributed by atoms with Gasteiger partial charge in [-0.05, 0) is 42.8 Å². The van der Waals surface area contributed by atoms with Crippen LogP contribution in [-0.4, -0.2) is 40.1 Å². The Morgan fingerprint density at radius 2 is 2.14 bits per heavy atom. The lowest BCUT2D eigenvalue weighted by atomic mass is 10.1. The van der Waals surface area contributed by atoms with E-state index in [9.17, 15) is 4.79 Å². The molecule has 0 saturated carbocycles. The number of nitrogens with zero attached hydrogens (tertiary/aromatic N) is 3. The highest BCUT2D eigenvalue weighted by atomic mass is 35.5. The van der Waals surface area contributed by atoms with Gasteiger partial charge in [0.25, 0.3) is 0 Å². The van der Waals surface area contributed by atoms with E-state index < -0.39 is 0 Å².